The Bertz CT molecular complexity index is 525. The van der Waals surface area contributed by atoms with Crippen molar-refractivity contribution >= 4 is 0 Å². The van der Waals surface area contributed by atoms with Crippen molar-refractivity contribution in [1.29, 1.82) is 0 Å². The maximum Gasteiger partial charge on any atom is 0.213 e. The van der Waals surface area contributed by atoms with Crippen molar-refractivity contribution in [2.45, 2.75) is 13.0 Å². The van der Waals surface area contributed by atoms with E-state index in [1.54, 1.807) is 14.2 Å². The van der Waals surface area contributed by atoms with E-state index in [-0.39, 0.29) is 6.10 Å². The molecule has 0 fully saturated rings. The molecule has 2 rings (SSSR count). The number of nitrogens with zero attached hydrogens (tertiary/aromatic N) is 1. The minimum absolute atomic E-state index is 0.0792. The quantitative estimate of drug-likeness (QED) is 0.824. The first-order valence-electron chi connectivity index (χ1n) is 5.88. The van der Waals surface area contributed by atoms with Crippen molar-refractivity contribution < 1.29 is 9.47 Å². The van der Waals surface area contributed by atoms with Gasteiger partial charge in [0.25, 0.3) is 0 Å². The van der Waals surface area contributed by atoms with Crippen LogP contribution in [0.5, 0.6) is 5.88 Å². The highest BCUT2D eigenvalue weighted by molar-refractivity contribution is 5.60. The van der Waals surface area contributed by atoms with Crippen LogP contribution in [0.3, 0.4) is 0 Å². The van der Waals surface area contributed by atoms with Gasteiger partial charge in [-0.3, -0.25) is 0 Å². The lowest BCUT2D eigenvalue weighted by Gasteiger charge is -2.11. The minimum atomic E-state index is 0.0792. The zero-order valence-corrected chi connectivity index (χ0v) is 10.9. The van der Waals surface area contributed by atoms with Crippen molar-refractivity contribution in [2.24, 2.45) is 0 Å². The van der Waals surface area contributed by atoms with Crippen molar-refractivity contribution in [3.63, 3.8) is 0 Å². The molecular weight excluding hydrogens is 226 g/mol. The van der Waals surface area contributed by atoms with E-state index in [9.17, 15) is 0 Å². The summed E-state index contributed by atoms with van der Waals surface area (Å²) in [5.41, 5.74) is 3.11. The Morgan fingerprint density at radius 2 is 1.83 bits per heavy atom. The van der Waals surface area contributed by atoms with Gasteiger partial charge in [0.05, 0.1) is 18.9 Å². The Kier molecular flexibility index (Phi) is 3.95. The number of pyridine rings is 1. The fourth-order valence-electron chi connectivity index (χ4n) is 1.78. The molecule has 0 bridgehead atoms. The Hall–Kier alpha value is -1.87. The van der Waals surface area contributed by atoms with Gasteiger partial charge in [0.15, 0.2) is 0 Å². The first kappa shape index (κ1) is 12.6. The van der Waals surface area contributed by atoms with E-state index in [2.05, 4.69) is 17.1 Å². The summed E-state index contributed by atoms with van der Waals surface area (Å²) in [5.74, 6) is 0.623. The van der Waals surface area contributed by atoms with Gasteiger partial charge in [-0.05, 0) is 24.6 Å². The lowest BCUT2D eigenvalue weighted by atomic mass is 10.0. The second-order valence-corrected chi connectivity index (χ2v) is 4.07. The topological polar surface area (TPSA) is 31.4 Å². The Morgan fingerprint density at radius 3 is 2.56 bits per heavy atom. The molecule has 0 saturated heterocycles. The van der Waals surface area contributed by atoms with E-state index in [4.69, 9.17) is 9.47 Å². The molecule has 1 aromatic heterocycles. The molecule has 1 heterocycles. The van der Waals surface area contributed by atoms with Crippen LogP contribution in [-0.4, -0.2) is 19.2 Å². The third-order valence-corrected chi connectivity index (χ3v) is 2.94. The van der Waals surface area contributed by atoms with Crippen LogP contribution in [-0.2, 0) is 4.74 Å². The molecule has 18 heavy (non-hydrogen) atoms. The van der Waals surface area contributed by atoms with Gasteiger partial charge in [0, 0.05) is 18.7 Å². The van der Waals surface area contributed by atoms with Crippen molar-refractivity contribution in [3.8, 4) is 17.1 Å². The van der Waals surface area contributed by atoms with Crippen LogP contribution in [0.4, 0.5) is 0 Å². The number of ether oxygens (including phenoxy) is 2. The van der Waals surface area contributed by atoms with Crippen LogP contribution in [0.25, 0.3) is 11.3 Å². The Labute approximate surface area is 107 Å². The molecule has 0 aliphatic heterocycles. The number of hydrogen-bond acceptors (Lipinski definition) is 3. The molecular formula is C15H17NO2. The van der Waals surface area contributed by atoms with Gasteiger partial charge in [-0.15, -0.1) is 0 Å². The fraction of sp³-hybridized carbons (Fsp3) is 0.267. The predicted molar refractivity (Wildman–Crippen MR) is 71.6 cm³/mol. The summed E-state index contributed by atoms with van der Waals surface area (Å²) in [5, 5.41) is 0. The SMILES string of the molecule is COc1cccc(-c2cccc([C@H](C)OC)c2)n1. The molecule has 0 spiro atoms. The lowest BCUT2D eigenvalue weighted by molar-refractivity contribution is 0.119. The first-order chi connectivity index (χ1) is 8.74. The lowest BCUT2D eigenvalue weighted by Crippen LogP contribution is -1.96. The van der Waals surface area contributed by atoms with Gasteiger partial charge in [-0.1, -0.05) is 24.3 Å². The molecule has 94 valence electrons. The zero-order chi connectivity index (χ0) is 13.0. The first-order valence-corrected chi connectivity index (χ1v) is 5.88. The standard InChI is InChI=1S/C15H17NO2/c1-11(17-2)12-6-4-7-13(10-12)14-8-5-9-15(16-14)18-3/h4-11H,1-3H3/t11-/m0/s1. The number of aromatic nitrogens is 1. The van der Waals surface area contributed by atoms with Crippen LogP contribution in [0.1, 0.15) is 18.6 Å². The average molecular weight is 243 g/mol. The summed E-state index contributed by atoms with van der Waals surface area (Å²) in [6.45, 7) is 2.03. The number of methoxy groups -OCH3 is 2. The normalized spacial score (nSPS) is 12.2. The highest BCUT2D eigenvalue weighted by atomic mass is 16.5. The van der Waals surface area contributed by atoms with Crippen molar-refractivity contribution in [2.75, 3.05) is 14.2 Å². The van der Waals surface area contributed by atoms with Crippen molar-refractivity contribution in [3.05, 3.63) is 48.0 Å². The van der Waals surface area contributed by atoms with E-state index >= 15 is 0 Å². The highest BCUT2D eigenvalue weighted by Gasteiger charge is 2.06. The van der Waals surface area contributed by atoms with Gasteiger partial charge in [0.2, 0.25) is 5.88 Å². The van der Waals surface area contributed by atoms with Gasteiger partial charge in [-0.25, -0.2) is 4.98 Å². The molecule has 2 aromatic rings. The van der Waals surface area contributed by atoms with Gasteiger partial charge in [0.1, 0.15) is 0 Å². The Balaban J connectivity index is 2.38. The summed E-state index contributed by atoms with van der Waals surface area (Å²) >= 11 is 0. The number of hydrogen-bond donors (Lipinski definition) is 0. The number of benzene rings is 1. The third kappa shape index (κ3) is 2.68. The average Bonchev–Trinajstić information content (AvgIpc) is 2.46. The molecule has 0 amide bonds. The van der Waals surface area contributed by atoms with E-state index < -0.39 is 0 Å². The summed E-state index contributed by atoms with van der Waals surface area (Å²) < 4.78 is 10.5. The summed E-state index contributed by atoms with van der Waals surface area (Å²) in [4.78, 5) is 4.42. The summed E-state index contributed by atoms with van der Waals surface area (Å²) in [6, 6.07) is 13.9. The maximum atomic E-state index is 5.33. The number of rotatable bonds is 4. The fourth-order valence-corrected chi connectivity index (χ4v) is 1.78. The summed E-state index contributed by atoms with van der Waals surface area (Å²) in [6.07, 6.45) is 0.0792. The van der Waals surface area contributed by atoms with E-state index in [1.165, 1.54) is 0 Å². The Morgan fingerprint density at radius 1 is 1.06 bits per heavy atom. The highest BCUT2D eigenvalue weighted by Crippen LogP contribution is 2.24. The molecule has 1 atom stereocenters. The molecule has 3 nitrogen and oxygen atoms in total. The maximum absolute atomic E-state index is 5.33. The molecule has 0 unspecified atom stereocenters. The predicted octanol–water partition coefficient (Wildman–Crippen LogP) is 3.46. The van der Waals surface area contributed by atoms with Gasteiger partial charge < -0.3 is 9.47 Å². The smallest absolute Gasteiger partial charge is 0.213 e. The third-order valence-electron chi connectivity index (χ3n) is 2.94. The second-order valence-electron chi connectivity index (χ2n) is 4.07. The minimum Gasteiger partial charge on any atom is -0.481 e. The molecule has 0 saturated carbocycles. The van der Waals surface area contributed by atoms with Crippen LogP contribution in [0.15, 0.2) is 42.5 Å². The largest absolute Gasteiger partial charge is 0.481 e. The van der Waals surface area contributed by atoms with Crippen LogP contribution in [0, 0.1) is 0 Å². The second kappa shape index (κ2) is 5.65. The monoisotopic (exact) mass is 243 g/mol. The van der Waals surface area contributed by atoms with Crippen LogP contribution in [0.2, 0.25) is 0 Å². The molecule has 0 radical (unpaired) electrons. The van der Waals surface area contributed by atoms with E-state index in [0.717, 1.165) is 16.8 Å². The molecule has 0 N–H and O–H groups in total. The molecule has 0 aliphatic rings. The molecule has 0 aliphatic carbocycles. The van der Waals surface area contributed by atoms with Crippen molar-refractivity contribution in [1.82, 2.24) is 4.98 Å². The van der Waals surface area contributed by atoms with E-state index in [0.29, 0.717) is 5.88 Å². The van der Waals surface area contributed by atoms with E-state index in [1.807, 2.05) is 37.3 Å². The molecule has 3 heteroatoms. The summed E-state index contributed by atoms with van der Waals surface area (Å²) in [7, 11) is 3.33. The van der Waals surface area contributed by atoms with Gasteiger partial charge in [-0.2, -0.15) is 0 Å². The zero-order valence-electron chi connectivity index (χ0n) is 10.9. The van der Waals surface area contributed by atoms with Gasteiger partial charge >= 0.3 is 0 Å². The van der Waals surface area contributed by atoms with Crippen LogP contribution >= 0.6 is 0 Å². The van der Waals surface area contributed by atoms with Crippen LogP contribution < -0.4 is 4.74 Å². The molecule has 1 aromatic carbocycles.